The molecule has 0 saturated carbocycles. The van der Waals surface area contributed by atoms with Crippen LogP contribution in [0.3, 0.4) is 0 Å². The van der Waals surface area contributed by atoms with E-state index in [0.717, 1.165) is 0 Å². The molecular weight excluding hydrogens is 514 g/mol. The molecule has 1 aromatic heterocycles. The van der Waals surface area contributed by atoms with Crippen LogP contribution in [0.5, 0.6) is 11.6 Å². The van der Waals surface area contributed by atoms with E-state index in [9.17, 15) is 9.90 Å². The first kappa shape index (κ1) is 35.3. The fourth-order valence-electron chi connectivity index (χ4n) is 4.80. The molecule has 0 spiro atoms. The fraction of sp³-hybridized carbons (Fsp3) is 0.806. The summed E-state index contributed by atoms with van der Waals surface area (Å²) >= 11 is 5.95. The molecule has 0 unspecified atom stereocenters. The van der Waals surface area contributed by atoms with Gasteiger partial charge in [-0.3, -0.25) is 4.98 Å². The van der Waals surface area contributed by atoms with Crippen molar-refractivity contribution in [3.63, 3.8) is 0 Å². The highest BCUT2D eigenvalue weighted by Crippen LogP contribution is 2.28. The van der Waals surface area contributed by atoms with Gasteiger partial charge in [0.05, 0.1) is 32.8 Å². The van der Waals surface area contributed by atoms with Crippen LogP contribution in [0.1, 0.15) is 106 Å². The number of carbonyl (C=O) groups is 1. The van der Waals surface area contributed by atoms with Crippen molar-refractivity contribution in [2.24, 2.45) is 5.92 Å². The zero-order valence-corrected chi connectivity index (χ0v) is 26.4. The predicted molar refractivity (Wildman–Crippen MR) is 159 cm³/mol. The molecule has 39 heavy (non-hydrogen) atoms. The normalized spacial score (nSPS) is 14.2. The molecule has 0 bridgehead atoms. The summed E-state index contributed by atoms with van der Waals surface area (Å²) in [6.07, 6.45) is 13.3. The molecule has 7 nitrogen and oxygen atoms in total. The molecule has 0 radical (unpaired) electrons. The Morgan fingerprint density at radius 3 is 1.92 bits per heavy atom. The first-order chi connectivity index (χ1) is 18.7. The molecule has 2 rings (SSSR count). The van der Waals surface area contributed by atoms with Crippen molar-refractivity contribution in [1.29, 1.82) is 0 Å². The highest BCUT2D eigenvalue weighted by molar-refractivity contribution is 6.31. The van der Waals surface area contributed by atoms with Gasteiger partial charge in [0.1, 0.15) is 16.9 Å². The van der Waals surface area contributed by atoms with Gasteiger partial charge in [0.15, 0.2) is 0 Å². The molecule has 8 heteroatoms. The summed E-state index contributed by atoms with van der Waals surface area (Å²) in [5, 5.41) is 11.6. The van der Waals surface area contributed by atoms with Crippen LogP contribution in [-0.4, -0.2) is 72.4 Å². The Hall–Kier alpha value is -1.73. The molecule has 0 aromatic carbocycles. The van der Waals surface area contributed by atoms with E-state index in [0.29, 0.717) is 49.2 Å². The first-order valence-electron chi connectivity index (χ1n) is 15.5. The Kier molecular flexibility index (Phi) is 18.3. The van der Waals surface area contributed by atoms with E-state index >= 15 is 0 Å². The summed E-state index contributed by atoms with van der Waals surface area (Å²) in [6.45, 7) is 20.6. The number of carbonyl (C=O) groups excluding carboxylic acids is 1. The number of hydrogen-bond donors (Lipinski definition) is 0. The van der Waals surface area contributed by atoms with Gasteiger partial charge in [-0.25, -0.2) is 4.79 Å². The Morgan fingerprint density at radius 2 is 1.49 bits per heavy atom. The van der Waals surface area contributed by atoms with Crippen LogP contribution in [-0.2, 0) is 4.74 Å². The molecule has 1 aliphatic heterocycles. The standard InChI is InChI=1S/C16H36N.C15H21ClN2O4/c1-5-9-13-17(14-10-6-2,15-11-7-3)16-12-8-4;1-10(2)9-21-15(20)18-5-3-11(4-6-18)22-13-7-14(19)17-8-12(13)16/h5-16H2,1-4H3;7-8,10-11H,3-6,9H2,1-2H3,(H,17,19)/q+1;/p-1. The molecule has 2 heterocycles. The summed E-state index contributed by atoms with van der Waals surface area (Å²) < 4.78 is 12.4. The quantitative estimate of drug-likeness (QED) is 0.193. The zero-order valence-electron chi connectivity index (χ0n) is 25.7. The van der Waals surface area contributed by atoms with Crippen LogP contribution in [0.25, 0.3) is 0 Å². The van der Waals surface area contributed by atoms with Crippen molar-refractivity contribution in [1.82, 2.24) is 9.88 Å². The van der Waals surface area contributed by atoms with Crippen molar-refractivity contribution in [3.8, 4) is 11.6 Å². The van der Waals surface area contributed by atoms with Crippen LogP contribution in [0, 0.1) is 5.92 Å². The minimum atomic E-state index is -0.380. The number of nitrogens with zero attached hydrogens (tertiary/aromatic N) is 3. The Morgan fingerprint density at radius 1 is 1.00 bits per heavy atom. The van der Waals surface area contributed by atoms with E-state index in [4.69, 9.17) is 21.1 Å². The van der Waals surface area contributed by atoms with Gasteiger partial charge in [0.2, 0.25) is 0 Å². The number of pyridine rings is 1. The van der Waals surface area contributed by atoms with Gasteiger partial charge in [-0.05, 0) is 43.5 Å². The number of rotatable bonds is 16. The van der Waals surface area contributed by atoms with Crippen molar-refractivity contribution in [3.05, 3.63) is 17.3 Å². The van der Waals surface area contributed by atoms with E-state index in [2.05, 4.69) is 32.7 Å². The highest BCUT2D eigenvalue weighted by atomic mass is 35.5. The molecule has 0 aliphatic carbocycles. The molecule has 1 aliphatic rings. The number of aromatic nitrogens is 1. The van der Waals surface area contributed by atoms with E-state index in [1.54, 1.807) is 4.90 Å². The van der Waals surface area contributed by atoms with Crippen LogP contribution in [0.2, 0.25) is 5.02 Å². The van der Waals surface area contributed by atoms with E-state index < -0.39 is 0 Å². The van der Waals surface area contributed by atoms with Gasteiger partial charge in [0.25, 0.3) is 0 Å². The van der Waals surface area contributed by atoms with Crippen LogP contribution in [0.4, 0.5) is 4.79 Å². The molecule has 1 saturated heterocycles. The number of quaternary nitrogens is 1. The van der Waals surface area contributed by atoms with Crippen molar-refractivity contribution >= 4 is 17.7 Å². The summed E-state index contributed by atoms with van der Waals surface area (Å²) in [5.74, 6) is 0.288. The molecule has 0 atom stereocenters. The number of hydrogen-bond acceptors (Lipinski definition) is 5. The average molecular weight is 570 g/mol. The van der Waals surface area contributed by atoms with E-state index in [1.807, 2.05) is 13.8 Å². The zero-order chi connectivity index (χ0) is 29.1. The second-order valence-electron chi connectivity index (χ2n) is 11.4. The molecule has 226 valence electrons. The van der Waals surface area contributed by atoms with Crippen LogP contribution >= 0.6 is 11.6 Å². The summed E-state index contributed by atoms with van der Waals surface area (Å²) in [4.78, 5) is 17.1. The summed E-state index contributed by atoms with van der Waals surface area (Å²) in [5.41, 5.74) is 0. The van der Waals surface area contributed by atoms with Crippen LogP contribution < -0.4 is 9.84 Å². The lowest BCUT2D eigenvalue weighted by Crippen LogP contribution is -2.50. The van der Waals surface area contributed by atoms with Gasteiger partial charge < -0.3 is 24.0 Å². The largest absolute Gasteiger partial charge is 0.859 e. The fourth-order valence-corrected chi connectivity index (χ4v) is 4.95. The molecule has 1 aromatic rings. The second kappa shape index (κ2) is 20.2. The summed E-state index contributed by atoms with van der Waals surface area (Å²) in [6, 6.07) is 1.28. The lowest BCUT2D eigenvalue weighted by molar-refractivity contribution is -0.929. The van der Waals surface area contributed by atoms with E-state index in [1.165, 1.54) is 94.3 Å². The molecule has 0 N–H and O–H groups in total. The monoisotopic (exact) mass is 569 g/mol. The first-order valence-corrected chi connectivity index (χ1v) is 15.8. The maximum Gasteiger partial charge on any atom is 0.409 e. The van der Waals surface area contributed by atoms with Gasteiger partial charge in [0, 0.05) is 32.1 Å². The summed E-state index contributed by atoms with van der Waals surface area (Å²) in [7, 11) is 0. The minimum absolute atomic E-state index is 0.0755. The second-order valence-corrected chi connectivity index (χ2v) is 11.8. The number of unbranched alkanes of at least 4 members (excludes halogenated alkanes) is 4. The SMILES string of the molecule is CC(C)COC(=O)N1CCC(Oc2cc([O-])ncc2Cl)CC1.CCCC[N+](CCCC)(CCCC)CCCC. The highest BCUT2D eigenvalue weighted by Gasteiger charge is 2.26. The number of piperidine rings is 1. The number of ether oxygens (including phenoxy) is 2. The van der Waals surface area contributed by atoms with Crippen molar-refractivity contribution in [2.75, 3.05) is 45.9 Å². The Labute approximate surface area is 243 Å². The topological polar surface area (TPSA) is 74.7 Å². The average Bonchev–Trinajstić information content (AvgIpc) is 2.93. The lowest BCUT2D eigenvalue weighted by atomic mass is 10.1. The molecular formula is C31H56ClN3O4. The third kappa shape index (κ3) is 14.5. The minimum Gasteiger partial charge on any atom is -0.859 e. The Balaban J connectivity index is 0.000000406. The molecule has 1 amide bonds. The maximum atomic E-state index is 11.9. The molecule has 1 fully saturated rings. The lowest BCUT2D eigenvalue weighted by Gasteiger charge is -2.39. The van der Waals surface area contributed by atoms with Gasteiger partial charge in [-0.1, -0.05) is 78.8 Å². The number of likely N-dealkylation sites (tertiary alicyclic amines) is 1. The maximum absolute atomic E-state index is 11.9. The third-order valence-electron chi connectivity index (χ3n) is 7.27. The predicted octanol–water partition coefficient (Wildman–Crippen LogP) is 7.45. The van der Waals surface area contributed by atoms with Crippen molar-refractivity contribution < 1.29 is 23.9 Å². The van der Waals surface area contributed by atoms with Crippen molar-refractivity contribution in [2.45, 2.75) is 112 Å². The van der Waals surface area contributed by atoms with Gasteiger partial charge >= 0.3 is 6.09 Å². The van der Waals surface area contributed by atoms with Crippen LogP contribution in [0.15, 0.2) is 12.3 Å². The van der Waals surface area contributed by atoms with Gasteiger partial charge in [-0.2, -0.15) is 0 Å². The Bertz CT molecular complexity index is 748. The smallest absolute Gasteiger partial charge is 0.409 e. The van der Waals surface area contributed by atoms with E-state index in [-0.39, 0.29) is 18.1 Å². The number of halogens is 1. The van der Waals surface area contributed by atoms with Gasteiger partial charge in [-0.15, -0.1) is 0 Å². The number of amides is 1. The third-order valence-corrected chi connectivity index (χ3v) is 7.56.